The number of hydrogen-bond acceptors (Lipinski definition) is 3. The number of carbonyl (C=O) groups is 3. The molecule has 2 aromatic carbocycles. The number of amides is 1. The third-order valence-corrected chi connectivity index (χ3v) is 2.93. The molecule has 1 N–H and O–H groups in total. The highest BCUT2D eigenvalue weighted by molar-refractivity contribution is 6.04. The number of aldehydes is 1. The molecule has 2 rings (SSSR count). The molecular formula is C17H15NO3. The Morgan fingerprint density at radius 1 is 0.952 bits per heavy atom. The highest BCUT2D eigenvalue weighted by Crippen LogP contribution is 2.08. The highest BCUT2D eigenvalue weighted by Gasteiger charge is 2.10. The zero-order valence-corrected chi connectivity index (χ0v) is 11.4. The topological polar surface area (TPSA) is 63.2 Å². The smallest absolute Gasteiger partial charge is 0.231 e. The van der Waals surface area contributed by atoms with E-state index in [0.717, 1.165) is 11.8 Å². The molecule has 0 bridgehead atoms. The van der Waals surface area contributed by atoms with Crippen LogP contribution in [0, 0.1) is 0 Å². The van der Waals surface area contributed by atoms with Gasteiger partial charge in [0.15, 0.2) is 0 Å². The molecule has 0 unspecified atom stereocenters. The average molecular weight is 281 g/mol. The zero-order chi connectivity index (χ0) is 15.1. The Kier molecular flexibility index (Phi) is 4.99. The van der Waals surface area contributed by atoms with Gasteiger partial charge in [-0.25, -0.2) is 0 Å². The second kappa shape index (κ2) is 7.14. The minimum atomic E-state index is -0.323. The van der Waals surface area contributed by atoms with Crippen LogP contribution in [0.3, 0.4) is 0 Å². The van der Waals surface area contributed by atoms with Crippen molar-refractivity contribution in [3.8, 4) is 0 Å². The summed E-state index contributed by atoms with van der Waals surface area (Å²) in [5.74, 6) is -0.488. The first-order valence-corrected chi connectivity index (χ1v) is 6.58. The van der Waals surface area contributed by atoms with E-state index < -0.39 is 0 Å². The lowest BCUT2D eigenvalue weighted by atomic mass is 10.1. The van der Waals surface area contributed by atoms with Crippen LogP contribution in [-0.4, -0.2) is 18.0 Å². The van der Waals surface area contributed by atoms with Crippen LogP contribution in [0.15, 0.2) is 54.6 Å². The van der Waals surface area contributed by atoms with Gasteiger partial charge in [0.05, 0.1) is 6.42 Å². The molecule has 0 aliphatic heterocycles. The third kappa shape index (κ3) is 4.69. The minimum absolute atomic E-state index is 0.162. The maximum atomic E-state index is 11.8. The summed E-state index contributed by atoms with van der Waals surface area (Å²) >= 11 is 0. The molecule has 4 heteroatoms. The summed E-state index contributed by atoms with van der Waals surface area (Å²) in [5.41, 5.74) is 2.02. The van der Waals surface area contributed by atoms with Gasteiger partial charge in [-0.05, 0) is 17.7 Å². The van der Waals surface area contributed by atoms with Crippen molar-refractivity contribution in [2.75, 3.05) is 5.32 Å². The summed E-state index contributed by atoms with van der Waals surface area (Å²) in [6.45, 7) is 0. The first-order chi connectivity index (χ1) is 10.2. The van der Waals surface area contributed by atoms with Crippen molar-refractivity contribution in [2.45, 2.75) is 12.8 Å². The van der Waals surface area contributed by atoms with Crippen molar-refractivity contribution in [2.24, 2.45) is 0 Å². The molecule has 0 fully saturated rings. The average Bonchev–Trinajstić information content (AvgIpc) is 2.48. The van der Waals surface area contributed by atoms with Crippen LogP contribution in [0.1, 0.15) is 22.3 Å². The summed E-state index contributed by atoms with van der Waals surface area (Å²) < 4.78 is 0. The van der Waals surface area contributed by atoms with Gasteiger partial charge in [-0.1, -0.05) is 42.5 Å². The lowest BCUT2D eigenvalue weighted by molar-refractivity contribution is -0.125. The van der Waals surface area contributed by atoms with Crippen LogP contribution in [0.4, 0.5) is 5.69 Å². The number of rotatable bonds is 6. The monoisotopic (exact) mass is 281 g/mol. The van der Waals surface area contributed by atoms with Crippen LogP contribution in [0.2, 0.25) is 0 Å². The maximum Gasteiger partial charge on any atom is 0.231 e. The molecule has 0 spiro atoms. The maximum absolute atomic E-state index is 11.8. The van der Waals surface area contributed by atoms with Gasteiger partial charge in [0.25, 0.3) is 0 Å². The molecule has 0 aliphatic carbocycles. The second-order valence-corrected chi connectivity index (χ2v) is 4.67. The second-order valence-electron chi connectivity index (χ2n) is 4.67. The molecule has 0 saturated heterocycles. The van der Waals surface area contributed by atoms with E-state index in [2.05, 4.69) is 5.32 Å². The predicted octanol–water partition coefficient (Wildman–Crippen LogP) is 2.64. The fraction of sp³-hybridized carbons (Fsp3) is 0.118. The summed E-state index contributed by atoms with van der Waals surface area (Å²) in [6, 6.07) is 15.7. The van der Waals surface area contributed by atoms with Gasteiger partial charge in [0, 0.05) is 17.7 Å². The number of carbonyl (C=O) groups excluding carboxylic acids is 3. The van der Waals surface area contributed by atoms with Crippen LogP contribution >= 0.6 is 0 Å². The Hall–Kier alpha value is -2.75. The highest BCUT2D eigenvalue weighted by atomic mass is 16.2. The SMILES string of the molecule is O=Cc1ccc(CC(=O)CC(=O)Nc2ccccc2)cc1. The zero-order valence-electron chi connectivity index (χ0n) is 11.4. The van der Waals surface area contributed by atoms with Gasteiger partial charge >= 0.3 is 0 Å². The molecule has 21 heavy (non-hydrogen) atoms. The summed E-state index contributed by atoms with van der Waals surface area (Å²) in [7, 11) is 0. The van der Waals surface area contributed by atoms with Gasteiger partial charge in [-0.2, -0.15) is 0 Å². The van der Waals surface area contributed by atoms with Gasteiger partial charge in [0.2, 0.25) is 5.91 Å². The quantitative estimate of drug-likeness (QED) is 0.654. The van der Waals surface area contributed by atoms with E-state index in [1.54, 1.807) is 36.4 Å². The number of para-hydroxylation sites is 1. The number of hydrogen-bond donors (Lipinski definition) is 1. The lowest BCUT2D eigenvalue weighted by Crippen LogP contribution is -2.17. The molecular weight excluding hydrogens is 266 g/mol. The van der Waals surface area contributed by atoms with Crippen molar-refractivity contribution >= 4 is 23.7 Å². The first kappa shape index (κ1) is 14.7. The molecule has 106 valence electrons. The van der Waals surface area contributed by atoms with Crippen LogP contribution in [-0.2, 0) is 16.0 Å². The molecule has 2 aromatic rings. The largest absolute Gasteiger partial charge is 0.326 e. The Morgan fingerprint density at radius 2 is 1.62 bits per heavy atom. The van der Waals surface area contributed by atoms with Crippen molar-refractivity contribution in [1.82, 2.24) is 0 Å². The molecule has 0 atom stereocenters. The van der Waals surface area contributed by atoms with Crippen LogP contribution < -0.4 is 5.32 Å². The summed E-state index contributed by atoms with van der Waals surface area (Å²) in [5, 5.41) is 2.67. The van der Waals surface area contributed by atoms with Gasteiger partial charge < -0.3 is 5.32 Å². The summed E-state index contributed by atoms with van der Waals surface area (Å²) in [4.78, 5) is 34.1. The third-order valence-electron chi connectivity index (χ3n) is 2.93. The molecule has 0 heterocycles. The Labute approximate surface area is 122 Å². The predicted molar refractivity (Wildman–Crippen MR) is 80.2 cm³/mol. The van der Waals surface area contributed by atoms with Crippen molar-refractivity contribution < 1.29 is 14.4 Å². The van der Waals surface area contributed by atoms with E-state index in [-0.39, 0.29) is 24.5 Å². The standard InChI is InChI=1S/C17H15NO3/c19-12-14-8-6-13(7-9-14)10-16(20)11-17(21)18-15-4-2-1-3-5-15/h1-9,12H,10-11H2,(H,18,21). The van der Waals surface area contributed by atoms with E-state index in [0.29, 0.717) is 11.3 Å². The van der Waals surface area contributed by atoms with Crippen molar-refractivity contribution in [1.29, 1.82) is 0 Å². The van der Waals surface area contributed by atoms with Gasteiger partial charge in [-0.3, -0.25) is 14.4 Å². The molecule has 0 saturated carbocycles. The van der Waals surface area contributed by atoms with Crippen molar-refractivity contribution in [3.63, 3.8) is 0 Å². The summed E-state index contributed by atoms with van der Waals surface area (Å²) in [6.07, 6.45) is 0.768. The molecule has 0 radical (unpaired) electrons. The number of nitrogens with one attached hydrogen (secondary N) is 1. The first-order valence-electron chi connectivity index (χ1n) is 6.58. The fourth-order valence-corrected chi connectivity index (χ4v) is 1.91. The molecule has 1 amide bonds. The van der Waals surface area contributed by atoms with Crippen LogP contribution in [0.5, 0.6) is 0 Å². The molecule has 0 aliphatic rings. The van der Waals surface area contributed by atoms with E-state index >= 15 is 0 Å². The van der Waals surface area contributed by atoms with E-state index in [4.69, 9.17) is 0 Å². The molecule has 0 aromatic heterocycles. The van der Waals surface area contributed by atoms with E-state index in [9.17, 15) is 14.4 Å². The normalized spacial score (nSPS) is 9.90. The van der Waals surface area contributed by atoms with E-state index in [1.807, 2.05) is 18.2 Å². The van der Waals surface area contributed by atoms with Gasteiger partial charge in [-0.15, -0.1) is 0 Å². The van der Waals surface area contributed by atoms with Crippen molar-refractivity contribution in [3.05, 3.63) is 65.7 Å². The number of benzene rings is 2. The Morgan fingerprint density at radius 3 is 2.24 bits per heavy atom. The Balaban J connectivity index is 1.86. The lowest BCUT2D eigenvalue weighted by Gasteiger charge is -2.05. The number of Topliss-reactive ketones (excluding diaryl/α,β-unsaturated/α-hetero) is 1. The van der Waals surface area contributed by atoms with Crippen LogP contribution in [0.25, 0.3) is 0 Å². The molecule has 4 nitrogen and oxygen atoms in total. The number of ketones is 1. The minimum Gasteiger partial charge on any atom is -0.326 e. The fourth-order valence-electron chi connectivity index (χ4n) is 1.91. The number of anilines is 1. The van der Waals surface area contributed by atoms with Gasteiger partial charge in [0.1, 0.15) is 12.1 Å². The van der Waals surface area contributed by atoms with E-state index in [1.165, 1.54) is 0 Å². The Bertz CT molecular complexity index is 633.